The summed E-state index contributed by atoms with van der Waals surface area (Å²) in [6.07, 6.45) is 1.81. The first-order chi connectivity index (χ1) is 9.34. The van der Waals surface area contributed by atoms with Gasteiger partial charge in [0.15, 0.2) is 0 Å². The van der Waals surface area contributed by atoms with E-state index in [4.69, 9.17) is 4.74 Å². The van der Waals surface area contributed by atoms with Crippen molar-refractivity contribution in [1.29, 1.82) is 0 Å². The van der Waals surface area contributed by atoms with Crippen LogP contribution in [0.5, 0.6) is 5.75 Å². The second-order valence-electron chi connectivity index (χ2n) is 4.59. The van der Waals surface area contributed by atoms with E-state index in [2.05, 4.69) is 11.4 Å². The number of ether oxygens (including phenoxy) is 1. The third-order valence-corrected chi connectivity index (χ3v) is 3.34. The number of hydrogen-bond donors (Lipinski definition) is 1. The SMILES string of the molecule is O=c1ccccn1CCNC1COc2ccccc21. The van der Waals surface area contributed by atoms with Crippen molar-refractivity contribution in [2.45, 2.75) is 12.6 Å². The van der Waals surface area contributed by atoms with Gasteiger partial charge in [0.2, 0.25) is 0 Å². The van der Waals surface area contributed by atoms with Crippen LogP contribution < -0.4 is 15.6 Å². The highest BCUT2D eigenvalue weighted by molar-refractivity contribution is 5.39. The van der Waals surface area contributed by atoms with Gasteiger partial charge in [0.05, 0.1) is 6.04 Å². The minimum Gasteiger partial charge on any atom is -0.491 e. The smallest absolute Gasteiger partial charge is 0.250 e. The van der Waals surface area contributed by atoms with E-state index in [1.165, 1.54) is 5.56 Å². The maximum absolute atomic E-state index is 11.6. The van der Waals surface area contributed by atoms with Crippen LogP contribution in [0.25, 0.3) is 0 Å². The fourth-order valence-corrected chi connectivity index (χ4v) is 2.34. The Kier molecular flexibility index (Phi) is 3.33. The number of pyridine rings is 1. The van der Waals surface area contributed by atoms with Crippen molar-refractivity contribution in [3.05, 3.63) is 64.6 Å². The minimum absolute atomic E-state index is 0.0346. The average molecular weight is 256 g/mol. The van der Waals surface area contributed by atoms with E-state index in [0.717, 1.165) is 12.3 Å². The molecule has 0 amide bonds. The molecule has 1 aromatic carbocycles. The Bertz CT molecular complexity index is 621. The summed E-state index contributed by atoms with van der Waals surface area (Å²) in [6, 6.07) is 13.5. The van der Waals surface area contributed by atoms with Crippen molar-refractivity contribution in [2.24, 2.45) is 0 Å². The van der Waals surface area contributed by atoms with E-state index in [1.54, 1.807) is 16.7 Å². The van der Waals surface area contributed by atoms with Crippen molar-refractivity contribution >= 4 is 0 Å². The van der Waals surface area contributed by atoms with Gasteiger partial charge in [-0.2, -0.15) is 0 Å². The summed E-state index contributed by atoms with van der Waals surface area (Å²) in [4.78, 5) is 11.6. The molecule has 4 heteroatoms. The molecular formula is C15H16N2O2. The summed E-state index contributed by atoms with van der Waals surface area (Å²) >= 11 is 0. The predicted octanol–water partition coefficient (Wildman–Crippen LogP) is 1.57. The molecule has 3 rings (SSSR count). The molecule has 19 heavy (non-hydrogen) atoms. The van der Waals surface area contributed by atoms with E-state index < -0.39 is 0 Å². The molecule has 0 aliphatic carbocycles. The molecule has 0 saturated carbocycles. The van der Waals surface area contributed by atoms with Crippen molar-refractivity contribution in [3.63, 3.8) is 0 Å². The third-order valence-electron chi connectivity index (χ3n) is 3.34. The zero-order valence-corrected chi connectivity index (χ0v) is 10.6. The topological polar surface area (TPSA) is 43.3 Å². The van der Waals surface area contributed by atoms with Crippen LogP contribution in [0.2, 0.25) is 0 Å². The maximum Gasteiger partial charge on any atom is 0.250 e. The molecule has 0 saturated heterocycles. The van der Waals surface area contributed by atoms with Gasteiger partial charge in [0, 0.05) is 30.9 Å². The van der Waals surface area contributed by atoms with E-state index >= 15 is 0 Å². The molecule has 1 aromatic heterocycles. The van der Waals surface area contributed by atoms with Crippen molar-refractivity contribution in [2.75, 3.05) is 13.2 Å². The molecular weight excluding hydrogens is 240 g/mol. The molecule has 0 radical (unpaired) electrons. The van der Waals surface area contributed by atoms with Crippen LogP contribution in [-0.4, -0.2) is 17.7 Å². The van der Waals surface area contributed by atoms with Crippen LogP contribution in [0.1, 0.15) is 11.6 Å². The molecule has 4 nitrogen and oxygen atoms in total. The number of hydrogen-bond acceptors (Lipinski definition) is 3. The second-order valence-corrected chi connectivity index (χ2v) is 4.59. The highest BCUT2D eigenvalue weighted by Crippen LogP contribution is 2.31. The van der Waals surface area contributed by atoms with Crippen molar-refractivity contribution in [1.82, 2.24) is 9.88 Å². The van der Waals surface area contributed by atoms with Crippen LogP contribution in [0.15, 0.2) is 53.5 Å². The van der Waals surface area contributed by atoms with E-state index in [0.29, 0.717) is 13.2 Å². The molecule has 0 bridgehead atoms. The van der Waals surface area contributed by atoms with E-state index in [9.17, 15) is 4.79 Å². The summed E-state index contributed by atoms with van der Waals surface area (Å²) in [5, 5.41) is 3.43. The number of benzene rings is 1. The first-order valence-corrected chi connectivity index (χ1v) is 6.45. The van der Waals surface area contributed by atoms with Gasteiger partial charge in [-0.25, -0.2) is 0 Å². The molecule has 1 N–H and O–H groups in total. The Morgan fingerprint density at radius 1 is 1.21 bits per heavy atom. The summed E-state index contributed by atoms with van der Waals surface area (Å²) in [5.41, 5.74) is 1.23. The van der Waals surface area contributed by atoms with Gasteiger partial charge < -0.3 is 14.6 Å². The summed E-state index contributed by atoms with van der Waals surface area (Å²) < 4.78 is 7.31. The van der Waals surface area contributed by atoms with Gasteiger partial charge in [-0.15, -0.1) is 0 Å². The Hall–Kier alpha value is -2.07. The van der Waals surface area contributed by atoms with Crippen LogP contribution in [-0.2, 0) is 6.54 Å². The van der Waals surface area contributed by atoms with Gasteiger partial charge in [0.1, 0.15) is 12.4 Å². The average Bonchev–Trinajstić information content (AvgIpc) is 2.85. The Balaban J connectivity index is 1.60. The first kappa shape index (κ1) is 12.0. The number of rotatable bonds is 4. The lowest BCUT2D eigenvalue weighted by Gasteiger charge is -2.12. The Morgan fingerprint density at radius 2 is 2.05 bits per heavy atom. The zero-order valence-electron chi connectivity index (χ0n) is 10.6. The maximum atomic E-state index is 11.6. The monoisotopic (exact) mass is 256 g/mol. The minimum atomic E-state index is 0.0346. The third kappa shape index (κ3) is 2.53. The Morgan fingerprint density at radius 3 is 2.95 bits per heavy atom. The standard InChI is InChI=1S/C15H16N2O2/c18-15-7-3-4-9-17(15)10-8-16-13-11-19-14-6-2-1-5-12(13)14/h1-7,9,13,16H,8,10-11H2. The lowest BCUT2D eigenvalue weighted by atomic mass is 10.1. The quantitative estimate of drug-likeness (QED) is 0.903. The van der Waals surface area contributed by atoms with Gasteiger partial charge in [-0.1, -0.05) is 24.3 Å². The van der Waals surface area contributed by atoms with Gasteiger partial charge in [-0.3, -0.25) is 4.79 Å². The van der Waals surface area contributed by atoms with Crippen LogP contribution in [0.4, 0.5) is 0 Å². The highest BCUT2D eigenvalue weighted by Gasteiger charge is 2.22. The van der Waals surface area contributed by atoms with E-state index in [1.807, 2.05) is 30.5 Å². The number of aromatic nitrogens is 1. The molecule has 2 heterocycles. The number of para-hydroxylation sites is 1. The van der Waals surface area contributed by atoms with E-state index in [-0.39, 0.29) is 11.6 Å². The molecule has 98 valence electrons. The number of fused-ring (bicyclic) bond motifs is 1. The molecule has 1 aliphatic heterocycles. The Labute approximate surface area is 111 Å². The molecule has 1 unspecified atom stereocenters. The molecule has 1 atom stereocenters. The first-order valence-electron chi connectivity index (χ1n) is 6.45. The lowest BCUT2D eigenvalue weighted by Crippen LogP contribution is -2.29. The number of nitrogens with zero attached hydrogens (tertiary/aromatic N) is 1. The molecule has 0 fully saturated rings. The van der Waals surface area contributed by atoms with Gasteiger partial charge in [0.25, 0.3) is 5.56 Å². The van der Waals surface area contributed by atoms with Crippen LogP contribution in [0.3, 0.4) is 0 Å². The van der Waals surface area contributed by atoms with Crippen molar-refractivity contribution < 1.29 is 4.74 Å². The normalized spacial score (nSPS) is 16.9. The van der Waals surface area contributed by atoms with Gasteiger partial charge in [-0.05, 0) is 12.1 Å². The van der Waals surface area contributed by atoms with Gasteiger partial charge >= 0.3 is 0 Å². The predicted molar refractivity (Wildman–Crippen MR) is 73.4 cm³/mol. The molecule has 0 spiro atoms. The zero-order chi connectivity index (χ0) is 13.1. The fraction of sp³-hybridized carbons (Fsp3) is 0.267. The van der Waals surface area contributed by atoms with Crippen molar-refractivity contribution in [3.8, 4) is 5.75 Å². The molecule has 1 aliphatic rings. The summed E-state index contributed by atoms with van der Waals surface area (Å²) in [6.45, 7) is 2.06. The summed E-state index contributed by atoms with van der Waals surface area (Å²) in [7, 11) is 0. The molecule has 2 aromatic rings. The highest BCUT2D eigenvalue weighted by atomic mass is 16.5. The summed E-state index contributed by atoms with van der Waals surface area (Å²) in [5.74, 6) is 0.955. The lowest BCUT2D eigenvalue weighted by molar-refractivity contribution is 0.309. The van der Waals surface area contributed by atoms with Crippen LogP contribution >= 0.6 is 0 Å². The number of nitrogens with one attached hydrogen (secondary N) is 1. The largest absolute Gasteiger partial charge is 0.491 e. The fourth-order valence-electron chi connectivity index (χ4n) is 2.34. The van der Waals surface area contributed by atoms with Crippen LogP contribution in [0, 0.1) is 0 Å². The second kappa shape index (κ2) is 5.28.